The zero-order chi connectivity index (χ0) is 11.2. The zero-order valence-electron chi connectivity index (χ0n) is 10.6. The van der Waals surface area contributed by atoms with E-state index in [-0.39, 0.29) is 0 Å². The van der Waals surface area contributed by atoms with E-state index in [9.17, 15) is 0 Å². The van der Waals surface area contributed by atoms with Gasteiger partial charge in [0.15, 0.2) is 0 Å². The molecule has 0 radical (unpaired) electrons. The van der Waals surface area contributed by atoms with Gasteiger partial charge in [0.1, 0.15) is 0 Å². The van der Waals surface area contributed by atoms with E-state index in [0.29, 0.717) is 11.3 Å². The predicted octanol–water partition coefficient (Wildman–Crippen LogP) is 4.28. The lowest BCUT2D eigenvalue weighted by atomic mass is 9.79. The molecule has 2 rings (SSSR count). The van der Waals surface area contributed by atoms with Gasteiger partial charge in [-0.05, 0) is 40.4 Å². The molecule has 0 spiro atoms. The molecule has 0 heteroatoms. The van der Waals surface area contributed by atoms with E-state index in [4.69, 9.17) is 0 Å². The maximum absolute atomic E-state index is 2.43. The Labute approximate surface area is 93.7 Å². The van der Waals surface area contributed by atoms with Gasteiger partial charge in [0, 0.05) is 0 Å². The Balaban J connectivity index is 2.50. The number of fused-ring (bicyclic) bond motifs is 1. The van der Waals surface area contributed by atoms with Crippen LogP contribution in [-0.4, -0.2) is 0 Å². The van der Waals surface area contributed by atoms with Crippen molar-refractivity contribution in [3.63, 3.8) is 0 Å². The number of hydrogen-bond acceptors (Lipinski definition) is 0. The molecular weight excluding hydrogens is 180 g/mol. The first kappa shape index (κ1) is 10.7. The van der Waals surface area contributed by atoms with Gasteiger partial charge in [-0.2, -0.15) is 0 Å². The minimum atomic E-state index is 0.361. The van der Waals surface area contributed by atoms with Gasteiger partial charge in [-0.3, -0.25) is 0 Å². The molecule has 0 heterocycles. The summed E-state index contributed by atoms with van der Waals surface area (Å²) >= 11 is 0. The Hall–Kier alpha value is -0.780. The van der Waals surface area contributed by atoms with Crippen molar-refractivity contribution in [3.05, 3.63) is 34.9 Å². The van der Waals surface area contributed by atoms with Crippen LogP contribution in [0.15, 0.2) is 18.2 Å². The SMILES string of the molecule is CC(C)c1ccc2c(c1)C(C)(C)C(C)C2. The Bertz CT molecular complexity index is 372. The van der Waals surface area contributed by atoms with Crippen LogP contribution < -0.4 is 0 Å². The van der Waals surface area contributed by atoms with E-state index in [0.717, 1.165) is 5.92 Å². The Kier molecular flexibility index (Phi) is 2.41. The molecule has 0 saturated heterocycles. The summed E-state index contributed by atoms with van der Waals surface area (Å²) in [6.07, 6.45) is 1.25. The Morgan fingerprint density at radius 1 is 1.27 bits per heavy atom. The molecule has 0 fully saturated rings. The highest BCUT2D eigenvalue weighted by molar-refractivity contribution is 5.42. The smallest absolute Gasteiger partial charge is 0.00719 e. The maximum atomic E-state index is 2.43. The fraction of sp³-hybridized carbons (Fsp3) is 0.600. The highest BCUT2D eigenvalue weighted by Crippen LogP contribution is 2.43. The van der Waals surface area contributed by atoms with Gasteiger partial charge in [0.05, 0.1) is 0 Å². The highest BCUT2D eigenvalue weighted by Gasteiger charge is 2.36. The first-order chi connectivity index (χ1) is 6.93. The third-order valence-electron chi connectivity index (χ3n) is 4.25. The summed E-state index contributed by atoms with van der Waals surface area (Å²) in [7, 11) is 0. The van der Waals surface area contributed by atoms with Gasteiger partial charge < -0.3 is 0 Å². The second-order valence-corrected chi connectivity index (χ2v) is 5.90. The third kappa shape index (κ3) is 1.60. The van der Waals surface area contributed by atoms with E-state index < -0.39 is 0 Å². The van der Waals surface area contributed by atoms with Crippen molar-refractivity contribution in [2.45, 2.75) is 52.4 Å². The molecule has 0 N–H and O–H groups in total. The lowest BCUT2D eigenvalue weighted by Gasteiger charge is -2.25. The van der Waals surface area contributed by atoms with Gasteiger partial charge in [0.2, 0.25) is 0 Å². The molecule has 15 heavy (non-hydrogen) atoms. The molecule has 0 saturated carbocycles. The van der Waals surface area contributed by atoms with Crippen LogP contribution in [0.2, 0.25) is 0 Å². The number of benzene rings is 1. The average Bonchev–Trinajstić information content (AvgIpc) is 2.38. The van der Waals surface area contributed by atoms with Gasteiger partial charge in [-0.25, -0.2) is 0 Å². The van der Waals surface area contributed by atoms with E-state index in [2.05, 4.69) is 52.8 Å². The summed E-state index contributed by atoms with van der Waals surface area (Å²) in [5.74, 6) is 1.41. The second-order valence-electron chi connectivity index (χ2n) is 5.90. The summed E-state index contributed by atoms with van der Waals surface area (Å²) in [6, 6.07) is 7.08. The second kappa shape index (κ2) is 3.37. The van der Waals surface area contributed by atoms with Crippen molar-refractivity contribution >= 4 is 0 Å². The molecule has 1 aliphatic carbocycles. The lowest BCUT2D eigenvalue weighted by molar-refractivity contribution is 0.379. The summed E-state index contributed by atoms with van der Waals surface area (Å²) in [5.41, 5.74) is 4.99. The van der Waals surface area contributed by atoms with Crippen molar-refractivity contribution in [3.8, 4) is 0 Å². The lowest BCUT2D eigenvalue weighted by Crippen LogP contribution is -2.21. The largest absolute Gasteiger partial charge is 0.0614 e. The van der Waals surface area contributed by atoms with E-state index >= 15 is 0 Å². The van der Waals surface area contributed by atoms with Crippen LogP contribution in [0.3, 0.4) is 0 Å². The minimum absolute atomic E-state index is 0.361. The van der Waals surface area contributed by atoms with Crippen molar-refractivity contribution in [1.82, 2.24) is 0 Å². The third-order valence-corrected chi connectivity index (χ3v) is 4.25. The van der Waals surface area contributed by atoms with Crippen LogP contribution in [0, 0.1) is 5.92 Å². The van der Waals surface area contributed by atoms with Crippen molar-refractivity contribution in [2.75, 3.05) is 0 Å². The molecule has 1 aromatic carbocycles. The Morgan fingerprint density at radius 2 is 1.93 bits per heavy atom. The molecule has 1 aliphatic rings. The molecule has 0 aliphatic heterocycles. The number of rotatable bonds is 1. The number of hydrogen-bond donors (Lipinski definition) is 0. The summed E-state index contributed by atoms with van der Waals surface area (Å²) in [4.78, 5) is 0. The van der Waals surface area contributed by atoms with Crippen LogP contribution in [0.25, 0.3) is 0 Å². The molecular formula is C15H22. The Morgan fingerprint density at radius 3 is 2.53 bits per heavy atom. The van der Waals surface area contributed by atoms with Crippen LogP contribution in [0.5, 0.6) is 0 Å². The van der Waals surface area contributed by atoms with Crippen molar-refractivity contribution in [2.24, 2.45) is 5.92 Å². The normalized spacial score (nSPS) is 23.2. The maximum Gasteiger partial charge on any atom is -0.00719 e. The van der Waals surface area contributed by atoms with Crippen LogP contribution >= 0.6 is 0 Å². The zero-order valence-corrected chi connectivity index (χ0v) is 10.6. The fourth-order valence-electron chi connectivity index (χ4n) is 2.58. The molecule has 1 unspecified atom stereocenters. The van der Waals surface area contributed by atoms with E-state index in [1.54, 1.807) is 11.1 Å². The van der Waals surface area contributed by atoms with Crippen LogP contribution in [-0.2, 0) is 11.8 Å². The summed E-state index contributed by atoms with van der Waals surface area (Å²) < 4.78 is 0. The van der Waals surface area contributed by atoms with E-state index in [1.165, 1.54) is 12.0 Å². The monoisotopic (exact) mass is 202 g/mol. The minimum Gasteiger partial charge on any atom is -0.0614 e. The first-order valence-electron chi connectivity index (χ1n) is 6.06. The standard InChI is InChI=1S/C15H22/c1-10(2)12-6-7-13-8-11(3)15(4,5)14(13)9-12/h6-7,9-11H,8H2,1-5H3. The van der Waals surface area contributed by atoms with Crippen molar-refractivity contribution in [1.29, 1.82) is 0 Å². The molecule has 0 aromatic heterocycles. The van der Waals surface area contributed by atoms with Crippen molar-refractivity contribution < 1.29 is 0 Å². The molecule has 1 aromatic rings. The van der Waals surface area contributed by atoms with Crippen LogP contribution in [0.1, 0.15) is 57.2 Å². The average molecular weight is 202 g/mol. The summed E-state index contributed by atoms with van der Waals surface area (Å²) in [5, 5.41) is 0. The van der Waals surface area contributed by atoms with Gasteiger partial charge in [0.25, 0.3) is 0 Å². The molecule has 0 amide bonds. The quantitative estimate of drug-likeness (QED) is 0.637. The van der Waals surface area contributed by atoms with Gasteiger partial charge in [-0.15, -0.1) is 0 Å². The van der Waals surface area contributed by atoms with Gasteiger partial charge in [-0.1, -0.05) is 52.8 Å². The van der Waals surface area contributed by atoms with Crippen LogP contribution in [0.4, 0.5) is 0 Å². The highest BCUT2D eigenvalue weighted by atomic mass is 14.4. The molecule has 0 bridgehead atoms. The molecule has 1 atom stereocenters. The molecule has 0 nitrogen and oxygen atoms in total. The predicted molar refractivity (Wildman–Crippen MR) is 66.4 cm³/mol. The molecule has 82 valence electrons. The summed E-state index contributed by atoms with van der Waals surface area (Å²) in [6.45, 7) is 11.7. The fourth-order valence-corrected chi connectivity index (χ4v) is 2.58. The van der Waals surface area contributed by atoms with Gasteiger partial charge >= 0.3 is 0 Å². The first-order valence-corrected chi connectivity index (χ1v) is 6.06. The topological polar surface area (TPSA) is 0 Å². The van der Waals surface area contributed by atoms with E-state index in [1.807, 2.05) is 0 Å².